The van der Waals surface area contributed by atoms with Crippen LogP contribution in [0.15, 0.2) is 48.5 Å². The van der Waals surface area contributed by atoms with Crippen molar-refractivity contribution in [3.63, 3.8) is 0 Å². The summed E-state index contributed by atoms with van der Waals surface area (Å²) in [6, 6.07) is 14.6. The van der Waals surface area contributed by atoms with Gasteiger partial charge in [-0.25, -0.2) is 4.52 Å². The van der Waals surface area contributed by atoms with E-state index in [4.69, 9.17) is 28.3 Å². The monoisotopic (exact) mass is 439 g/mol. The molecule has 0 saturated carbocycles. The number of fused-ring (bicyclic) bond motifs is 1. The number of carbonyl (C=O) groups excluding carboxylic acids is 1. The second-order valence-electron chi connectivity index (χ2n) is 7.23. The van der Waals surface area contributed by atoms with Crippen LogP contribution in [0.3, 0.4) is 0 Å². The minimum atomic E-state index is -0.402. The first-order valence-electron chi connectivity index (χ1n) is 9.44. The van der Waals surface area contributed by atoms with Gasteiger partial charge in [-0.3, -0.25) is 4.79 Å². The number of carbonyl (C=O) groups is 1. The lowest BCUT2D eigenvalue weighted by molar-refractivity contribution is 0.102. The number of para-hydroxylation sites is 1. The molecule has 30 heavy (non-hydrogen) atoms. The summed E-state index contributed by atoms with van der Waals surface area (Å²) in [5.74, 6) is -0.263. The third-order valence-electron chi connectivity index (χ3n) is 4.79. The number of amides is 1. The van der Waals surface area contributed by atoms with Gasteiger partial charge >= 0.3 is 0 Å². The minimum Gasteiger partial charge on any atom is -0.319 e. The van der Waals surface area contributed by atoms with Crippen molar-refractivity contribution in [2.24, 2.45) is 0 Å². The predicted molar refractivity (Wildman–Crippen MR) is 119 cm³/mol. The van der Waals surface area contributed by atoms with E-state index in [1.807, 2.05) is 24.3 Å². The molecule has 0 bridgehead atoms. The molecule has 1 N–H and O–H groups in total. The van der Waals surface area contributed by atoms with Crippen LogP contribution in [0.25, 0.3) is 16.8 Å². The van der Waals surface area contributed by atoms with Crippen LogP contribution in [0.5, 0.6) is 0 Å². The first-order chi connectivity index (χ1) is 14.4. The summed E-state index contributed by atoms with van der Waals surface area (Å²) in [6.07, 6.45) is 0. The summed E-state index contributed by atoms with van der Waals surface area (Å²) in [6.45, 7) is 5.91. The number of nitrogens with zero attached hydrogens (tertiary/aromatic N) is 4. The molecule has 4 rings (SSSR count). The van der Waals surface area contributed by atoms with Crippen molar-refractivity contribution in [3.8, 4) is 11.1 Å². The highest BCUT2D eigenvalue weighted by molar-refractivity contribution is 6.33. The second kappa shape index (κ2) is 8.05. The van der Waals surface area contributed by atoms with E-state index in [0.717, 1.165) is 16.8 Å². The Morgan fingerprint density at radius 1 is 1.07 bits per heavy atom. The fourth-order valence-electron chi connectivity index (χ4n) is 3.30. The molecule has 0 radical (unpaired) electrons. The van der Waals surface area contributed by atoms with Gasteiger partial charge in [0.15, 0.2) is 11.3 Å². The summed E-state index contributed by atoms with van der Waals surface area (Å²) in [5.41, 5.74) is 4.47. The van der Waals surface area contributed by atoms with E-state index < -0.39 is 5.91 Å². The Balaban J connectivity index is 1.83. The number of aryl methyl sites for hydroxylation is 1. The van der Waals surface area contributed by atoms with Crippen LogP contribution in [-0.4, -0.2) is 25.7 Å². The normalized spacial score (nSPS) is 11.3. The molecule has 0 aliphatic carbocycles. The molecule has 4 aromatic rings. The highest BCUT2D eigenvalue weighted by Crippen LogP contribution is 2.33. The number of benzene rings is 2. The average molecular weight is 440 g/mol. The summed E-state index contributed by atoms with van der Waals surface area (Å²) in [5, 5.41) is 17.2. The van der Waals surface area contributed by atoms with Crippen LogP contribution in [0.2, 0.25) is 10.0 Å². The predicted octanol–water partition coefficient (Wildman–Crippen LogP) is 5.78. The maximum atomic E-state index is 12.8. The maximum Gasteiger partial charge on any atom is 0.278 e. The molecule has 0 atom stereocenters. The van der Waals surface area contributed by atoms with E-state index in [-0.39, 0.29) is 11.6 Å². The van der Waals surface area contributed by atoms with Crippen LogP contribution >= 0.6 is 23.2 Å². The molecule has 1 amide bonds. The Morgan fingerprint density at radius 2 is 1.83 bits per heavy atom. The first kappa shape index (κ1) is 20.3. The SMILES string of the molecule is Cc1c(C(=O)Nc2ccccc2Cl)nnc2c(-c3cccc(Cl)c3)c(C(C)C)nn12. The molecule has 6 nitrogen and oxygen atoms in total. The number of hydrogen-bond acceptors (Lipinski definition) is 4. The van der Waals surface area contributed by atoms with Gasteiger partial charge in [-0.15, -0.1) is 10.2 Å². The lowest BCUT2D eigenvalue weighted by atomic mass is 10.00. The number of hydrogen-bond donors (Lipinski definition) is 1. The largest absolute Gasteiger partial charge is 0.319 e. The summed E-state index contributed by atoms with van der Waals surface area (Å²) < 4.78 is 1.67. The van der Waals surface area contributed by atoms with Crippen molar-refractivity contribution in [1.29, 1.82) is 0 Å². The zero-order valence-corrected chi connectivity index (χ0v) is 18.2. The van der Waals surface area contributed by atoms with E-state index in [0.29, 0.717) is 27.1 Å². The van der Waals surface area contributed by atoms with Crippen molar-refractivity contribution >= 4 is 40.4 Å². The van der Waals surface area contributed by atoms with Gasteiger partial charge in [-0.1, -0.05) is 61.3 Å². The van der Waals surface area contributed by atoms with E-state index >= 15 is 0 Å². The lowest BCUT2D eigenvalue weighted by Crippen LogP contribution is -2.18. The van der Waals surface area contributed by atoms with Crippen LogP contribution in [0, 0.1) is 6.92 Å². The molecular formula is C22H19Cl2N5O. The fraction of sp³-hybridized carbons (Fsp3) is 0.182. The van der Waals surface area contributed by atoms with E-state index in [1.54, 1.807) is 35.7 Å². The molecule has 152 valence electrons. The lowest BCUT2D eigenvalue weighted by Gasteiger charge is -2.09. The topological polar surface area (TPSA) is 72.2 Å². The summed E-state index contributed by atoms with van der Waals surface area (Å²) in [7, 11) is 0. The summed E-state index contributed by atoms with van der Waals surface area (Å²) >= 11 is 12.4. The van der Waals surface area contributed by atoms with Gasteiger partial charge in [-0.2, -0.15) is 5.10 Å². The van der Waals surface area contributed by atoms with Crippen LogP contribution in [-0.2, 0) is 0 Å². The number of aromatic nitrogens is 4. The Hall–Kier alpha value is -2.96. The number of anilines is 1. The quantitative estimate of drug-likeness (QED) is 0.437. The number of halogens is 2. The van der Waals surface area contributed by atoms with E-state index in [2.05, 4.69) is 29.4 Å². The van der Waals surface area contributed by atoms with Gasteiger partial charge in [0.2, 0.25) is 0 Å². The highest BCUT2D eigenvalue weighted by Gasteiger charge is 2.23. The van der Waals surface area contributed by atoms with Gasteiger partial charge in [0.25, 0.3) is 5.91 Å². The van der Waals surface area contributed by atoms with Gasteiger partial charge in [0, 0.05) is 5.02 Å². The molecule has 8 heteroatoms. The second-order valence-corrected chi connectivity index (χ2v) is 8.07. The Labute approximate surface area is 183 Å². The minimum absolute atomic E-state index is 0.139. The van der Waals surface area contributed by atoms with Crippen molar-refractivity contribution in [1.82, 2.24) is 19.8 Å². The molecule has 2 heterocycles. The molecule has 0 aliphatic heterocycles. The molecule has 2 aromatic heterocycles. The third kappa shape index (κ3) is 3.64. The Morgan fingerprint density at radius 3 is 2.53 bits per heavy atom. The zero-order valence-electron chi connectivity index (χ0n) is 16.6. The molecule has 2 aromatic carbocycles. The third-order valence-corrected chi connectivity index (χ3v) is 5.36. The van der Waals surface area contributed by atoms with Gasteiger partial charge in [0.1, 0.15) is 0 Å². The molecule has 0 unspecified atom stereocenters. The van der Waals surface area contributed by atoms with E-state index in [9.17, 15) is 4.79 Å². The first-order valence-corrected chi connectivity index (χ1v) is 10.2. The molecule has 0 aliphatic rings. The van der Waals surface area contributed by atoms with E-state index in [1.165, 1.54) is 0 Å². The van der Waals surface area contributed by atoms with Gasteiger partial charge in [-0.05, 0) is 42.7 Å². The maximum absolute atomic E-state index is 12.8. The summed E-state index contributed by atoms with van der Waals surface area (Å²) in [4.78, 5) is 12.8. The van der Waals surface area contributed by atoms with Crippen molar-refractivity contribution < 1.29 is 4.79 Å². The van der Waals surface area contributed by atoms with Crippen molar-refractivity contribution in [2.75, 3.05) is 5.32 Å². The fourth-order valence-corrected chi connectivity index (χ4v) is 3.67. The number of nitrogens with one attached hydrogen (secondary N) is 1. The average Bonchev–Trinajstić information content (AvgIpc) is 3.11. The van der Waals surface area contributed by atoms with Crippen molar-refractivity contribution in [3.05, 3.63) is 75.7 Å². The smallest absolute Gasteiger partial charge is 0.278 e. The number of rotatable bonds is 4. The van der Waals surface area contributed by atoms with Crippen LogP contribution in [0.1, 0.15) is 41.6 Å². The van der Waals surface area contributed by atoms with Gasteiger partial charge < -0.3 is 5.32 Å². The van der Waals surface area contributed by atoms with Crippen LogP contribution < -0.4 is 5.32 Å². The Bertz CT molecular complexity index is 1270. The van der Waals surface area contributed by atoms with Crippen molar-refractivity contribution in [2.45, 2.75) is 26.7 Å². The Kier molecular flexibility index (Phi) is 5.45. The van der Waals surface area contributed by atoms with Crippen LogP contribution in [0.4, 0.5) is 5.69 Å². The molecule has 0 spiro atoms. The highest BCUT2D eigenvalue weighted by atomic mass is 35.5. The zero-order chi connectivity index (χ0) is 21.4. The standard InChI is InChI=1S/C22H19Cl2N5O/c1-12(2)19-18(14-7-6-8-15(23)11-14)21-27-26-20(13(3)29(21)28-19)22(30)25-17-10-5-4-9-16(17)24/h4-12H,1-3H3,(H,25,30). The molecular weight excluding hydrogens is 421 g/mol. The van der Waals surface area contributed by atoms with Gasteiger partial charge in [0.05, 0.1) is 27.7 Å². The molecule has 0 saturated heterocycles. The molecule has 0 fully saturated rings.